The standard InChI is InChI=1S/C22H20BrF4N3O3/c1-33-16-6-13(7-16)19-21(32)30(20-17(24)8-15(23)9-28-20)11-18(31)29(19)10-12-2-4-14(5-3-12)22(25,26)27/h2-5,8-9,13,16,19H,6-7,10-11H2,1H3. The second kappa shape index (κ2) is 9.02. The molecule has 2 fully saturated rings. The molecule has 1 atom stereocenters. The number of aromatic nitrogens is 1. The summed E-state index contributed by atoms with van der Waals surface area (Å²) in [6.45, 7) is -0.451. The summed E-state index contributed by atoms with van der Waals surface area (Å²) in [6, 6.07) is 4.73. The Morgan fingerprint density at radius 1 is 1.18 bits per heavy atom. The number of ether oxygens (including phenoxy) is 1. The summed E-state index contributed by atoms with van der Waals surface area (Å²) in [5.41, 5.74) is -0.341. The Labute approximate surface area is 195 Å². The molecule has 2 heterocycles. The normalized spacial score (nSPS) is 23.6. The molecule has 1 aliphatic carbocycles. The first-order chi connectivity index (χ1) is 15.6. The first kappa shape index (κ1) is 23.6. The van der Waals surface area contributed by atoms with E-state index in [0.29, 0.717) is 22.9 Å². The van der Waals surface area contributed by atoms with Gasteiger partial charge in [-0.05, 0) is 58.5 Å². The van der Waals surface area contributed by atoms with Crippen molar-refractivity contribution in [2.24, 2.45) is 5.92 Å². The van der Waals surface area contributed by atoms with E-state index in [1.165, 1.54) is 23.2 Å². The first-order valence-corrected chi connectivity index (χ1v) is 11.0. The third kappa shape index (κ3) is 4.74. The lowest BCUT2D eigenvalue weighted by Crippen LogP contribution is -2.64. The molecule has 33 heavy (non-hydrogen) atoms. The van der Waals surface area contributed by atoms with Crippen LogP contribution in [0.5, 0.6) is 0 Å². The van der Waals surface area contributed by atoms with Crippen LogP contribution in [0.3, 0.4) is 0 Å². The Bertz CT molecular complexity index is 1060. The fourth-order valence-corrected chi connectivity index (χ4v) is 4.54. The van der Waals surface area contributed by atoms with Crippen molar-refractivity contribution < 1.29 is 31.9 Å². The lowest BCUT2D eigenvalue weighted by atomic mass is 9.75. The molecule has 0 spiro atoms. The van der Waals surface area contributed by atoms with Crippen LogP contribution < -0.4 is 4.90 Å². The highest BCUT2D eigenvalue weighted by Gasteiger charge is 2.49. The number of anilines is 1. The number of carbonyl (C=O) groups excluding carboxylic acids is 2. The topological polar surface area (TPSA) is 62.7 Å². The number of rotatable bonds is 5. The van der Waals surface area contributed by atoms with Gasteiger partial charge in [0.1, 0.15) is 12.6 Å². The lowest BCUT2D eigenvalue weighted by molar-refractivity contribution is -0.150. The molecule has 1 aliphatic heterocycles. The third-order valence-corrected chi connectivity index (χ3v) is 6.49. The zero-order valence-corrected chi connectivity index (χ0v) is 19.1. The average molecular weight is 530 g/mol. The van der Waals surface area contributed by atoms with Gasteiger partial charge in [0.05, 0.1) is 11.7 Å². The van der Waals surface area contributed by atoms with Gasteiger partial charge in [-0.2, -0.15) is 13.2 Å². The van der Waals surface area contributed by atoms with Crippen LogP contribution in [0.2, 0.25) is 0 Å². The minimum absolute atomic E-state index is 0.0361. The minimum atomic E-state index is -4.47. The van der Waals surface area contributed by atoms with Gasteiger partial charge in [-0.15, -0.1) is 0 Å². The van der Waals surface area contributed by atoms with Gasteiger partial charge in [-0.3, -0.25) is 14.5 Å². The van der Waals surface area contributed by atoms with E-state index < -0.39 is 42.0 Å². The van der Waals surface area contributed by atoms with E-state index in [4.69, 9.17) is 4.74 Å². The fraction of sp³-hybridized carbons (Fsp3) is 0.409. The maximum atomic E-state index is 14.5. The summed E-state index contributed by atoms with van der Waals surface area (Å²) in [5, 5.41) is 0. The number of amides is 2. The predicted octanol–water partition coefficient (Wildman–Crippen LogP) is 4.17. The molecular weight excluding hydrogens is 510 g/mol. The summed E-state index contributed by atoms with van der Waals surface area (Å²) >= 11 is 3.12. The van der Waals surface area contributed by atoms with Crippen molar-refractivity contribution in [2.75, 3.05) is 18.6 Å². The molecule has 11 heteroatoms. The molecule has 1 saturated heterocycles. The molecule has 1 aromatic carbocycles. The molecule has 176 valence electrons. The van der Waals surface area contributed by atoms with Crippen molar-refractivity contribution in [1.82, 2.24) is 9.88 Å². The molecule has 2 aromatic rings. The number of hydrogen-bond acceptors (Lipinski definition) is 4. The number of benzene rings is 1. The number of carbonyl (C=O) groups is 2. The summed E-state index contributed by atoms with van der Waals surface area (Å²) < 4.78 is 58.9. The SMILES string of the molecule is COC1CC(C2C(=O)N(c3ncc(Br)cc3F)CC(=O)N2Cc2ccc(C(F)(F)F)cc2)C1. The highest BCUT2D eigenvalue weighted by Crippen LogP contribution is 2.38. The minimum Gasteiger partial charge on any atom is -0.381 e. The Morgan fingerprint density at radius 3 is 2.42 bits per heavy atom. The largest absolute Gasteiger partial charge is 0.416 e. The molecule has 0 N–H and O–H groups in total. The molecule has 1 saturated carbocycles. The van der Waals surface area contributed by atoms with Gasteiger partial charge < -0.3 is 9.64 Å². The van der Waals surface area contributed by atoms with Crippen molar-refractivity contribution in [2.45, 2.75) is 37.7 Å². The maximum Gasteiger partial charge on any atom is 0.416 e. The highest BCUT2D eigenvalue weighted by molar-refractivity contribution is 9.10. The number of pyridine rings is 1. The fourth-order valence-electron chi connectivity index (χ4n) is 4.23. The van der Waals surface area contributed by atoms with Crippen LogP contribution in [-0.4, -0.2) is 47.5 Å². The van der Waals surface area contributed by atoms with Crippen LogP contribution >= 0.6 is 15.9 Å². The van der Waals surface area contributed by atoms with E-state index >= 15 is 0 Å². The predicted molar refractivity (Wildman–Crippen MR) is 114 cm³/mol. The van der Waals surface area contributed by atoms with E-state index in [-0.39, 0.29) is 24.4 Å². The number of halogens is 5. The van der Waals surface area contributed by atoms with E-state index in [9.17, 15) is 27.2 Å². The number of piperazine rings is 1. The van der Waals surface area contributed by atoms with Crippen molar-refractivity contribution in [3.63, 3.8) is 0 Å². The second-order valence-corrected chi connectivity index (χ2v) is 9.05. The second-order valence-electron chi connectivity index (χ2n) is 8.13. The molecule has 4 rings (SSSR count). The quantitative estimate of drug-likeness (QED) is 0.545. The van der Waals surface area contributed by atoms with E-state index in [0.717, 1.165) is 23.1 Å². The molecule has 1 unspecified atom stereocenters. The molecule has 0 bridgehead atoms. The molecule has 6 nitrogen and oxygen atoms in total. The summed E-state index contributed by atoms with van der Waals surface area (Å²) in [5.74, 6) is -2.12. The number of methoxy groups -OCH3 is 1. The van der Waals surface area contributed by atoms with Crippen LogP contribution in [0.25, 0.3) is 0 Å². The van der Waals surface area contributed by atoms with Crippen LogP contribution in [0.15, 0.2) is 41.0 Å². The molecule has 1 aromatic heterocycles. The highest BCUT2D eigenvalue weighted by atomic mass is 79.9. The molecule has 2 amide bonds. The third-order valence-electron chi connectivity index (χ3n) is 6.06. The van der Waals surface area contributed by atoms with Crippen molar-refractivity contribution >= 4 is 33.6 Å². The van der Waals surface area contributed by atoms with Crippen LogP contribution in [-0.2, 0) is 27.0 Å². The monoisotopic (exact) mass is 529 g/mol. The smallest absolute Gasteiger partial charge is 0.381 e. The van der Waals surface area contributed by atoms with Crippen LogP contribution in [0.4, 0.5) is 23.4 Å². The zero-order chi connectivity index (χ0) is 23.9. The van der Waals surface area contributed by atoms with E-state index in [2.05, 4.69) is 20.9 Å². The van der Waals surface area contributed by atoms with Gasteiger partial charge in [0.15, 0.2) is 11.6 Å². The van der Waals surface area contributed by atoms with Gasteiger partial charge in [0.25, 0.3) is 5.91 Å². The van der Waals surface area contributed by atoms with Crippen molar-refractivity contribution in [3.05, 3.63) is 57.9 Å². The Morgan fingerprint density at radius 2 is 1.85 bits per heavy atom. The van der Waals surface area contributed by atoms with E-state index in [1.54, 1.807) is 7.11 Å². The number of hydrogen-bond donors (Lipinski definition) is 0. The summed E-state index contributed by atoms with van der Waals surface area (Å²) in [4.78, 5) is 32.9. The summed E-state index contributed by atoms with van der Waals surface area (Å²) in [6.07, 6.45) is -2.11. The van der Waals surface area contributed by atoms with Gasteiger partial charge >= 0.3 is 6.18 Å². The van der Waals surface area contributed by atoms with Gasteiger partial charge in [-0.25, -0.2) is 9.37 Å². The lowest BCUT2D eigenvalue weighted by Gasteiger charge is -2.47. The maximum absolute atomic E-state index is 14.5. The first-order valence-electron chi connectivity index (χ1n) is 10.2. The number of alkyl halides is 3. The molecular formula is C22H20BrF4N3O3. The zero-order valence-electron chi connectivity index (χ0n) is 17.5. The Kier molecular flexibility index (Phi) is 6.45. The van der Waals surface area contributed by atoms with Crippen molar-refractivity contribution in [1.29, 1.82) is 0 Å². The van der Waals surface area contributed by atoms with Gasteiger partial charge in [-0.1, -0.05) is 12.1 Å². The molecule has 0 radical (unpaired) electrons. The van der Waals surface area contributed by atoms with Crippen molar-refractivity contribution in [3.8, 4) is 0 Å². The van der Waals surface area contributed by atoms with Crippen LogP contribution in [0.1, 0.15) is 24.0 Å². The Balaban J connectivity index is 1.62. The van der Waals surface area contributed by atoms with Gasteiger partial charge in [0.2, 0.25) is 5.91 Å². The Hall–Kier alpha value is -2.53. The van der Waals surface area contributed by atoms with E-state index in [1.807, 2.05) is 0 Å². The molecule has 2 aliphatic rings. The number of nitrogens with zero attached hydrogens (tertiary/aromatic N) is 3. The van der Waals surface area contributed by atoms with Crippen LogP contribution in [0, 0.1) is 11.7 Å². The summed E-state index contributed by atoms with van der Waals surface area (Å²) in [7, 11) is 1.56. The van der Waals surface area contributed by atoms with Gasteiger partial charge in [0, 0.05) is 24.3 Å². The average Bonchev–Trinajstić information content (AvgIpc) is 2.71.